The zero-order valence-corrected chi connectivity index (χ0v) is 18.3. The van der Waals surface area contributed by atoms with E-state index in [0.29, 0.717) is 28.7 Å². The van der Waals surface area contributed by atoms with E-state index in [9.17, 15) is 10.1 Å². The summed E-state index contributed by atoms with van der Waals surface area (Å²) < 4.78 is 9.28. The molecule has 5 aromatic rings. The normalized spacial score (nSPS) is 13.8. The third kappa shape index (κ3) is 2.84. The van der Waals surface area contributed by atoms with Crippen molar-refractivity contribution in [1.29, 1.82) is 0 Å². The molecule has 0 saturated heterocycles. The Morgan fingerprint density at radius 2 is 2.06 bits per heavy atom. The molecule has 0 amide bonds. The fraction of sp³-hybridized carbons (Fsp3) is 0.333. The van der Waals surface area contributed by atoms with Crippen LogP contribution in [0.1, 0.15) is 40.4 Å². The van der Waals surface area contributed by atoms with Gasteiger partial charge in [-0.15, -0.1) is 16.4 Å². The molecule has 0 radical (unpaired) electrons. The molecule has 6 rings (SSSR count). The molecule has 0 spiro atoms. The van der Waals surface area contributed by atoms with Crippen molar-refractivity contribution in [2.24, 2.45) is 0 Å². The Bertz CT molecular complexity index is 1520. The number of aromatic nitrogens is 6. The minimum atomic E-state index is -0.403. The smallest absolute Gasteiger partial charge is 0.312 e. The van der Waals surface area contributed by atoms with Crippen LogP contribution in [0.15, 0.2) is 22.9 Å². The van der Waals surface area contributed by atoms with Gasteiger partial charge < -0.3 is 4.42 Å². The van der Waals surface area contributed by atoms with Gasteiger partial charge in [0.15, 0.2) is 11.4 Å². The van der Waals surface area contributed by atoms with Crippen molar-refractivity contribution in [3.63, 3.8) is 0 Å². The van der Waals surface area contributed by atoms with Crippen LogP contribution in [-0.4, -0.2) is 34.3 Å². The van der Waals surface area contributed by atoms with Crippen molar-refractivity contribution in [1.82, 2.24) is 29.4 Å². The summed E-state index contributed by atoms with van der Waals surface area (Å²) in [6.45, 7) is 3.61. The van der Waals surface area contributed by atoms with Crippen molar-refractivity contribution < 1.29 is 9.34 Å². The van der Waals surface area contributed by atoms with Gasteiger partial charge in [-0.05, 0) is 57.2 Å². The Labute approximate surface area is 185 Å². The van der Waals surface area contributed by atoms with Crippen LogP contribution in [0.5, 0.6) is 0 Å². The first-order chi connectivity index (χ1) is 15.5. The van der Waals surface area contributed by atoms with Crippen LogP contribution in [0.25, 0.3) is 27.4 Å². The van der Waals surface area contributed by atoms with Crippen LogP contribution in [0.3, 0.4) is 0 Å². The van der Waals surface area contributed by atoms with E-state index in [1.54, 1.807) is 40.7 Å². The zero-order valence-electron chi connectivity index (χ0n) is 17.5. The Morgan fingerprint density at radius 1 is 1.22 bits per heavy atom. The third-order valence-corrected chi connectivity index (χ3v) is 7.21. The average Bonchev–Trinajstić information content (AvgIpc) is 3.51. The summed E-state index contributed by atoms with van der Waals surface area (Å²) in [7, 11) is 0. The van der Waals surface area contributed by atoms with Crippen LogP contribution in [0, 0.1) is 24.0 Å². The van der Waals surface area contributed by atoms with Gasteiger partial charge in [0, 0.05) is 4.88 Å². The Balaban J connectivity index is 1.37. The number of nitro groups is 1. The lowest BCUT2D eigenvalue weighted by Crippen LogP contribution is -2.03. The molecule has 0 fully saturated rings. The molecule has 32 heavy (non-hydrogen) atoms. The molecule has 10 nitrogen and oxygen atoms in total. The van der Waals surface area contributed by atoms with Crippen LogP contribution in [0.4, 0.5) is 5.69 Å². The minimum absolute atomic E-state index is 0.0365. The van der Waals surface area contributed by atoms with Gasteiger partial charge in [-0.3, -0.25) is 14.8 Å². The van der Waals surface area contributed by atoms with E-state index in [1.807, 2.05) is 12.1 Å². The summed E-state index contributed by atoms with van der Waals surface area (Å²) in [6, 6.07) is 3.64. The standard InChI is InChI=1S/C21H19N7O3S/c1-11-18(28(29)30)12(2)26(24-11)9-13-7-8-15(31-13)19-23-20-17-14-5-3-4-6-16(14)32-21(17)22-10-27(20)25-19/h7-8,10H,3-6,9H2,1-2H3. The van der Waals surface area contributed by atoms with Crippen LogP contribution in [-0.2, 0) is 19.4 Å². The summed E-state index contributed by atoms with van der Waals surface area (Å²) >= 11 is 1.76. The van der Waals surface area contributed by atoms with E-state index in [4.69, 9.17) is 9.40 Å². The van der Waals surface area contributed by atoms with E-state index in [2.05, 4.69) is 15.2 Å². The number of hydrogen-bond acceptors (Lipinski definition) is 8. The van der Waals surface area contributed by atoms with Crippen LogP contribution < -0.4 is 0 Å². The second-order valence-corrected chi connectivity index (χ2v) is 9.12. The summed E-state index contributed by atoms with van der Waals surface area (Å²) in [6.07, 6.45) is 6.28. The maximum atomic E-state index is 11.3. The predicted molar refractivity (Wildman–Crippen MR) is 118 cm³/mol. The first-order valence-corrected chi connectivity index (χ1v) is 11.2. The molecular formula is C21H19N7O3S. The number of fused-ring (bicyclic) bond motifs is 5. The van der Waals surface area contributed by atoms with Crippen LogP contribution >= 0.6 is 11.3 Å². The highest BCUT2D eigenvalue weighted by Crippen LogP contribution is 2.37. The van der Waals surface area contributed by atoms with Crippen molar-refractivity contribution in [2.45, 2.75) is 46.1 Å². The van der Waals surface area contributed by atoms with E-state index in [-0.39, 0.29) is 12.2 Å². The first kappa shape index (κ1) is 19.1. The Kier molecular flexibility index (Phi) is 4.15. The number of thiophene rings is 1. The van der Waals surface area contributed by atoms with Crippen molar-refractivity contribution in [3.8, 4) is 11.6 Å². The molecule has 0 unspecified atom stereocenters. The number of rotatable bonds is 4. The van der Waals surface area contributed by atoms with Crippen molar-refractivity contribution in [2.75, 3.05) is 0 Å². The van der Waals surface area contributed by atoms with Crippen molar-refractivity contribution in [3.05, 3.63) is 56.2 Å². The molecule has 11 heteroatoms. The average molecular weight is 449 g/mol. The first-order valence-electron chi connectivity index (χ1n) is 10.4. The molecular weight excluding hydrogens is 430 g/mol. The van der Waals surface area contributed by atoms with Gasteiger partial charge in [-0.25, -0.2) is 14.5 Å². The fourth-order valence-electron chi connectivity index (χ4n) is 4.50. The highest BCUT2D eigenvalue weighted by molar-refractivity contribution is 7.19. The minimum Gasteiger partial charge on any atom is -0.456 e. The van der Waals surface area contributed by atoms with Gasteiger partial charge in [0.1, 0.15) is 28.3 Å². The molecule has 1 aliphatic carbocycles. The quantitative estimate of drug-likeness (QED) is 0.297. The van der Waals surface area contributed by atoms with Crippen molar-refractivity contribution >= 4 is 32.9 Å². The summed E-state index contributed by atoms with van der Waals surface area (Å²) in [5.41, 5.74) is 3.08. The molecule has 1 aliphatic rings. The Morgan fingerprint density at radius 3 is 2.88 bits per heavy atom. The highest BCUT2D eigenvalue weighted by atomic mass is 32.1. The lowest BCUT2D eigenvalue weighted by molar-refractivity contribution is -0.386. The summed E-state index contributed by atoms with van der Waals surface area (Å²) in [5, 5.41) is 21.2. The largest absolute Gasteiger partial charge is 0.456 e. The molecule has 0 aromatic carbocycles. The Hall–Kier alpha value is -3.60. The topological polar surface area (TPSA) is 117 Å². The van der Waals surface area contributed by atoms with E-state index in [1.165, 1.54) is 23.3 Å². The molecule has 5 aromatic heterocycles. The van der Waals surface area contributed by atoms with Gasteiger partial charge in [0.2, 0.25) is 5.82 Å². The number of furan rings is 1. The van der Waals surface area contributed by atoms with Gasteiger partial charge in [-0.1, -0.05) is 0 Å². The lowest BCUT2D eigenvalue weighted by Gasteiger charge is -2.09. The van der Waals surface area contributed by atoms with Crippen LogP contribution in [0.2, 0.25) is 0 Å². The summed E-state index contributed by atoms with van der Waals surface area (Å²) in [4.78, 5) is 22.7. The molecule has 0 atom stereocenters. The molecule has 0 saturated carbocycles. The zero-order chi connectivity index (χ0) is 22.0. The van der Waals surface area contributed by atoms with Gasteiger partial charge in [0.25, 0.3) is 0 Å². The maximum Gasteiger partial charge on any atom is 0.312 e. The monoisotopic (exact) mass is 449 g/mol. The highest BCUT2D eigenvalue weighted by Gasteiger charge is 2.24. The second kappa shape index (κ2) is 6.95. The second-order valence-electron chi connectivity index (χ2n) is 8.04. The lowest BCUT2D eigenvalue weighted by atomic mass is 9.97. The predicted octanol–water partition coefficient (Wildman–Crippen LogP) is 4.25. The van der Waals surface area contributed by atoms with Gasteiger partial charge in [0.05, 0.1) is 16.9 Å². The number of aryl methyl sites for hydroxylation is 3. The molecule has 162 valence electrons. The maximum absolute atomic E-state index is 11.3. The fourth-order valence-corrected chi connectivity index (χ4v) is 5.72. The van der Waals surface area contributed by atoms with Gasteiger partial charge >= 0.3 is 5.69 Å². The van der Waals surface area contributed by atoms with E-state index in [0.717, 1.165) is 28.7 Å². The molecule has 0 aliphatic heterocycles. The number of nitrogens with zero attached hydrogens (tertiary/aromatic N) is 7. The van der Waals surface area contributed by atoms with E-state index >= 15 is 0 Å². The SMILES string of the molecule is Cc1nn(Cc2ccc(-c3nc4c5c6c(sc5ncn4n3)CCCC6)o2)c(C)c1[N+](=O)[O-]. The van der Waals surface area contributed by atoms with E-state index < -0.39 is 4.92 Å². The third-order valence-electron chi connectivity index (χ3n) is 6.01. The number of hydrogen-bond donors (Lipinski definition) is 0. The molecule has 0 bridgehead atoms. The molecule has 5 heterocycles. The molecule has 0 N–H and O–H groups in total. The summed E-state index contributed by atoms with van der Waals surface area (Å²) in [5.74, 6) is 1.65. The van der Waals surface area contributed by atoms with Gasteiger partial charge in [-0.2, -0.15) is 5.10 Å².